The van der Waals surface area contributed by atoms with Gasteiger partial charge in [0.05, 0.1) is 0 Å². The van der Waals surface area contributed by atoms with E-state index in [0.29, 0.717) is 13.0 Å². The van der Waals surface area contributed by atoms with E-state index in [1.54, 1.807) is 0 Å². The molecule has 0 aliphatic rings. The minimum Gasteiger partial charge on any atom is -0.296 e. The van der Waals surface area contributed by atoms with Gasteiger partial charge in [0.25, 0.3) is 0 Å². The Morgan fingerprint density at radius 2 is 1.95 bits per heavy atom. The molecule has 0 atom stereocenters. The van der Waals surface area contributed by atoms with Gasteiger partial charge in [-0.3, -0.25) is 9.69 Å². The lowest BCUT2D eigenvalue weighted by Gasteiger charge is -2.27. The van der Waals surface area contributed by atoms with Crippen LogP contribution in [-0.2, 0) is 11.2 Å². The van der Waals surface area contributed by atoms with Crippen LogP contribution in [-0.4, -0.2) is 22.4 Å². The number of aryl methyl sites for hydroxylation is 1. The minimum absolute atomic E-state index is 0.0129. The first kappa shape index (κ1) is 16.6. The highest BCUT2D eigenvalue weighted by Crippen LogP contribution is 2.24. The molecule has 1 aromatic heterocycles. The van der Waals surface area contributed by atoms with Crippen molar-refractivity contribution in [2.24, 2.45) is 5.41 Å². The zero-order valence-electron chi connectivity index (χ0n) is 13.4. The topological polar surface area (TPSA) is 46.1 Å². The second-order valence-electron chi connectivity index (χ2n) is 6.40. The Morgan fingerprint density at radius 3 is 2.50 bits per heavy atom. The van der Waals surface area contributed by atoms with Gasteiger partial charge in [0.15, 0.2) is 0 Å². The number of anilines is 1. The van der Waals surface area contributed by atoms with Gasteiger partial charge >= 0.3 is 0 Å². The van der Waals surface area contributed by atoms with Gasteiger partial charge in [-0.1, -0.05) is 41.0 Å². The van der Waals surface area contributed by atoms with E-state index < -0.39 is 0 Å². The number of amides is 1. The highest BCUT2D eigenvalue weighted by atomic mass is 16.2. The molecule has 4 nitrogen and oxygen atoms in total. The first-order valence-corrected chi connectivity index (χ1v) is 7.48. The third kappa shape index (κ3) is 4.91. The van der Waals surface area contributed by atoms with Crippen LogP contribution in [0.3, 0.4) is 0 Å². The van der Waals surface area contributed by atoms with E-state index in [2.05, 4.69) is 44.6 Å². The van der Waals surface area contributed by atoms with Crippen molar-refractivity contribution in [3.63, 3.8) is 0 Å². The van der Waals surface area contributed by atoms with Gasteiger partial charge in [0.2, 0.25) is 5.91 Å². The summed E-state index contributed by atoms with van der Waals surface area (Å²) in [4.78, 5) is 22.9. The lowest BCUT2D eigenvalue weighted by molar-refractivity contribution is -0.120. The molecule has 0 aromatic carbocycles. The van der Waals surface area contributed by atoms with Crippen LogP contribution in [0.1, 0.15) is 59.4 Å². The Balaban J connectivity index is 3.04. The van der Waals surface area contributed by atoms with Gasteiger partial charge in [0.1, 0.15) is 12.1 Å². The van der Waals surface area contributed by atoms with Crippen LogP contribution in [0.2, 0.25) is 0 Å². The highest BCUT2D eigenvalue weighted by molar-refractivity contribution is 5.93. The largest absolute Gasteiger partial charge is 0.296 e. The molecule has 0 aliphatic heterocycles. The molecule has 0 aliphatic carbocycles. The summed E-state index contributed by atoms with van der Waals surface area (Å²) in [5.74, 6) is 0.938. The van der Waals surface area contributed by atoms with E-state index in [1.165, 1.54) is 6.33 Å². The zero-order valence-corrected chi connectivity index (χ0v) is 13.4. The molecule has 0 fully saturated rings. The Bertz CT molecular complexity index is 438. The smallest absolute Gasteiger partial charge is 0.228 e. The van der Waals surface area contributed by atoms with Crippen LogP contribution in [0.25, 0.3) is 0 Å². The fourth-order valence-corrected chi connectivity index (χ4v) is 2.16. The molecule has 1 aromatic rings. The van der Waals surface area contributed by atoms with E-state index in [9.17, 15) is 4.79 Å². The lowest BCUT2D eigenvalue weighted by atomic mass is 9.91. The van der Waals surface area contributed by atoms with Crippen LogP contribution < -0.4 is 4.90 Å². The van der Waals surface area contributed by atoms with Gasteiger partial charge in [0, 0.05) is 24.7 Å². The Labute approximate surface area is 122 Å². The Hall–Kier alpha value is -1.45. The normalized spacial score (nSPS) is 11.4. The average Bonchev–Trinajstić information content (AvgIpc) is 2.35. The van der Waals surface area contributed by atoms with Gasteiger partial charge in [-0.05, 0) is 18.3 Å². The second kappa shape index (κ2) is 7.36. The molecular formula is C16H27N3O. The van der Waals surface area contributed by atoms with Gasteiger partial charge in [-0.2, -0.15) is 0 Å². The zero-order chi connectivity index (χ0) is 15.2. The van der Waals surface area contributed by atoms with E-state index >= 15 is 0 Å². The molecule has 0 bridgehead atoms. The number of carbonyl (C=O) groups is 1. The number of hydrogen-bond donors (Lipinski definition) is 0. The van der Waals surface area contributed by atoms with Crippen molar-refractivity contribution in [1.29, 1.82) is 0 Å². The van der Waals surface area contributed by atoms with Gasteiger partial charge < -0.3 is 0 Å². The van der Waals surface area contributed by atoms with Crippen molar-refractivity contribution in [2.45, 2.75) is 60.3 Å². The predicted octanol–water partition coefficient (Wildman–Crippen LogP) is 3.61. The highest BCUT2D eigenvalue weighted by Gasteiger charge is 2.24. The van der Waals surface area contributed by atoms with Crippen molar-refractivity contribution in [3.8, 4) is 0 Å². The molecule has 0 saturated carbocycles. The minimum atomic E-state index is -0.0129. The molecule has 1 heterocycles. The summed E-state index contributed by atoms with van der Waals surface area (Å²) in [6.07, 6.45) is 6.74. The summed E-state index contributed by atoms with van der Waals surface area (Å²) in [5, 5.41) is 0. The molecule has 0 saturated heterocycles. The maximum absolute atomic E-state index is 12.6. The molecule has 0 unspecified atom stereocenters. The monoisotopic (exact) mass is 277 g/mol. The molecule has 20 heavy (non-hydrogen) atoms. The molecule has 0 spiro atoms. The van der Waals surface area contributed by atoms with Crippen molar-refractivity contribution in [3.05, 3.63) is 18.1 Å². The van der Waals surface area contributed by atoms with E-state index in [1.807, 2.05) is 11.1 Å². The molecule has 1 rings (SSSR count). The third-order valence-electron chi connectivity index (χ3n) is 2.97. The summed E-state index contributed by atoms with van der Waals surface area (Å²) in [6.45, 7) is 11.2. The van der Waals surface area contributed by atoms with Crippen LogP contribution in [0.4, 0.5) is 5.82 Å². The summed E-state index contributed by atoms with van der Waals surface area (Å²) in [7, 11) is 0. The fraction of sp³-hybridized carbons (Fsp3) is 0.688. The van der Waals surface area contributed by atoms with Crippen molar-refractivity contribution in [2.75, 3.05) is 11.4 Å². The molecular weight excluding hydrogens is 250 g/mol. The van der Waals surface area contributed by atoms with Crippen LogP contribution in [0.5, 0.6) is 0 Å². The van der Waals surface area contributed by atoms with E-state index in [-0.39, 0.29) is 11.3 Å². The maximum atomic E-state index is 12.6. The fourth-order valence-electron chi connectivity index (χ4n) is 2.16. The standard InChI is InChI=1S/C16H27N3O/c1-6-8-13-11-17-12-18-15(13)19(9-7-2)14(20)10-16(3,4)5/h11-12H,6-10H2,1-5H3. The number of carbonyl (C=O) groups excluding carboxylic acids is 1. The lowest BCUT2D eigenvalue weighted by Crippen LogP contribution is -2.35. The summed E-state index contributed by atoms with van der Waals surface area (Å²) < 4.78 is 0. The number of rotatable bonds is 6. The van der Waals surface area contributed by atoms with Crippen molar-refractivity contribution >= 4 is 11.7 Å². The first-order chi connectivity index (χ1) is 9.39. The molecule has 0 N–H and O–H groups in total. The van der Waals surface area contributed by atoms with E-state index in [4.69, 9.17) is 0 Å². The summed E-state index contributed by atoms with van der Waals surface area (Å²) in [5.41, 5.74) is 1.05. The average molecular weight is 277 g/mol. The van der Waals surface area contributed by atoms with Gasteiger partial charge in [-0.15, -0.1) is 0 Å². The van der Waals surface area contributed by atoms with E-state index in [0.717, 1.165) is 30.6 Å². The molecule has 4 heteroatoms. The van der Waals surface area contributed by atoms with Crippen LogP contribution in [0, 0.1) is 5.41 Å². The second-order valence-corrected chi connectivity index (χ2v) is 6.40. The summed E-state index contributed by atoms with van der Waals surface area (Å²) >= 11 is 0. The van der Waals surface area contributed by atoms with Crippen molar-refractivity contribution in [1.82, 2.24) is 9.97 Å². The molecule has 0 radical (unpaired) electrons. The summed E-state index contributed by atoms with van der Waals surface area (Å²) in [6, 6.07) is 0. The number of nitrogens with zero attached hydrogens (tertiary/aromatic N) is 3. The molecule has 112 valence electrons. The van der Waals surface area contributed by atoms with Crippen molar-refractivity contribution < 1.29 is 4.79 Å². The maximum Gasteiger partial charge on any atom is 0.228 e. The molecule has 1 amide bonds. The van der Waals surface area contributed by atoms with Crippen LogP contribution in [0.15, 0.2) is 12.5 Å². The van der Waals surface area contributed by atoms with Gasteiger partial charge in [-0.25, -0.2) is 9.97 Å². The first-order valence-electron chi connectivity index (χ1n) is 7.48. The third-order valence-corrected chi connectivity index (χ3v) is 2.97. The Kier molecular flexibility index (Phi) is 6.11. The SMILES string of the molecule is CCCc1cncnc1N(CCC)C(=O)CC(C)(C)C. The van der Waals surface area contributed by atoms with Crippen LogP contribution >= 0.6 is 0 Å². The Morgan fingerprint density at radius 1 is 1.25 bits per heavy atom. The number of hydrogen-bond acceptors (Lipinski definition) is 3. The number of aromatic nitrogens is 2. The predicted molar refractivity (Wildman–Crippen MR) is 82.7 cm³/mol. The quantitative estimate of drug-likeness (QED) is 0.798.